The molecule has 1 aromatic carbocycles. The fraction of sp³-hybridized carbons (Fsp3) is 0.533. The van der Waals surface area contributed by atoms with E-state index in [1.807, 2.05) is 19.0 Å². The van der Waals surface area contributed by atoms with Crippen molar-refractivity contribution in [3.8, 4) is 5.75 Å². The predicted octanol–water partition coefficient (Wildman–Crippen LogP) is 0.171. The summed E-state index contributed by atoms with van der Waals surface area (Å²) in [5.74, 6) is 0.511. The van der Waals surface area contributed by atoms with Gasteiger partial charge < -0.3 is 25.4 Å². The van der Waals surface area contributed by atoms with E-state index in [1.165, 1.54) is 0 Å². The van der Waals surface area contributed by atoms with E-state index in [9.17, 15) is 9.90 Å². The quantitative estimate of drug-likeness (QED) is 0.757. The Morgan fingerprint density at radius 2 is 2.10 bits per heavy atom. The summed E-state index contributed by atoms with van der Waals surface area (Å²) in [6.45, 7) is 1.09. The van der Waals surface area contributed by atoms with Gasteiger partial charge >= 0.3 is 0 Å². The lowest BCUT2D eigenvalue weighted by atomic mass is 10.2. The first-order chi connectivity index (χ1) is 9.95. The van der Waals surface area contributed by atoms with Gasteiger partial charge in [0.2, 0.25) is 0 Å². The minimum Gasteiger partial charge on any atom is -0.484 e. The van der Waals surface area contributed by atoms with Crippen LogP contribution >= 0.6 is 0 Å². The van der Waals surface area contributed by atoms with Gasteiger partial charge in [-0.15, -0.1) is 0 Å². The number of aliphatic hydroxyl groups excluding tert-OH is 1. The zero-order chi connectivity index (χ0) is 15.4. The standard InChI is InChI=1S/C15H23N3O3/c1-17(2)8-12-7-13(19)9-18(12)15(20)10-21-14-5-3-11(16)4-6-14/h3-6,12-13,19H,7-10,16H2,1-2H3. The third kappa shape index (κ3) is 4.34. The first-order valence-electron chi connectivity index (χ1n) is 7.06. The van der Waals surface area contributed by atoms with Crippen LogP contribution < -0.4 is 10.5 Å². The Balaban J connectivity index is 1.90. The van der Waals surface area contributed by atoms with E-state index in [2.05, 4.69) is 0 Å². The lowest BCUT2D eigenvalue weighted by Gasteiger charge is -2.26. The molecule has 1 aliphatic rings. The highest BCUT2D eigenvalue weighted by Gasteiger charge is 2.34. The number of aliphatic hydroxyl groups is 1. The molecule has 1 amide bonds. The van der Waals surface area contributed by atoms with Crippen molar-refractivity contribution in [2.75, 3.05) is 39.5 Å². The second-order valence-electron chi connectivity index (χ2n) is 5.71. The van der Waals surface area contributed by atoms with E-state index in [4.69, 9.17) is 10.5 Å². The first kappa shape index (κ1) is 15.6. The van der Waals surface area contributed by atoms with Crippen LogP contribution in [0.25, 0.3) is 0 Å². The molecule has 1 aromatic rings. The van der Waals surface area contributed by atoms with Gasteiger partial charge in [0.25, 0.3) is 5.91 Å². The number of likely N-dealkylation sites (tertiary alicyclic amines) is 1. The Labute approximate surface area is 125 Å². The molecule has 2 rings (SSSR count). The summed E-state index contributed by atoms with van der Waals surface area (Å²) < 4.78 is 5.48. The minimum absolute atomic E-state index is 0.0272. The summed E-state index contributed by atoms with van der Waals surface area (Å²) in [5, 5.41) is 9.78. The largest absolute Gasteiger partial charge is 0.484 e. The second-order valence-corrected chi connectivity index (χ2v) is 5.71. The molecule has 2 unspecified atom stereocenters. The average molecular weight is 293 g/mol. The van der Waals surface area contributed by atoms with Crippen molar-refractivity contribution >= 4 is 11.6 Å². The van der Waals surface area contributed by atoms with Crippen LogP contribution in [0, 0.1) is 0 Å². The molecule has 0 aromatic heterocycles. The predicted molar refractivity (Wildman–Crippen MR) is 81.0 cm³/mol. The lowest BCUT2D eigenvalue weighted by molar-refractivity contribution is -0.134. The number of hydrogen-bond donors (Lipinski definition) is 2. The van der Waals surface area contributed by atoms with Crippen molar-refractivity contribution < 1.29 is 14.6 Å². The van der Waals surface area contributed by atoms with Crippen LogP contribution in [0.2, 0.25) is 0 Å². The number of nitrogens with zero attached hydrogens (tertiary/aromatic N) is 2. The SMILES string of the molecule is CN(C)CC1CC(O)CN1C(=O)COc1ccc(N)cc1. The van der Waals surface area contributed by atoms with Crippen LogP contribution in [0.3, 0.4) is 0 Å². The molecule has 6 heteroatoms. The Morgan fingerprint density at radius 1 is 1.43 bits per heavy atom. The molecule has 21 heavy (non-hydrogen) atoms. The fourth-order valence-corrected chi connectivity index (χ4v) is 2.58. The van der Waals surface area contributed by atoms with E-state index < -0.39 is 6.10 Å². The monoisotopic (exact) mass is 293 g/mol. The molecule has 6 nitrogen and oxygen atoms in total. The zero-order valence-electron chi connectivity index (χ0n) is 12.5. The number of carbonyl (C=O) groups excluding carboxylic acids is 1. The number of β-amino-alcohol motifs (C(OH)–C–C–N with tert-alkyl or cyclic N) is 1. The van der Waals surface area contributed by atoms with Gasteiger partial charge in [-0.1, -0.05) is 0 Å². The van der Waals surface area contributed by atoms with E-state index in [0.717, 1.165) is 6.54 Å². The number of anilines is 1. The Bertz CT molecular complexity index is 476. The summed E-state index contributed by atoms with van der Waals surface area (Å²) in [5.41, 5.74) is 6.25. The van der Waals surface area contributed by atoms with Crippen LogP contribution in [0.15, 0.2) is 24.3 Å². The van der Waals surface area contributed by atoms with Crippen LogP contribution in [0.1, 0.15) is 6.42 Å². The van der Waals surface area contributed by atoms with Crippen LogP contribution in [0.4, 0.5) is 5.69 Å². The summed E-state index contributed by atoms with van der Waals surface area (Å²) >= 11 is 0. The maximum atomic E-state index is 12.3. The highest BCUT2D eigenvalue weighted by molar-refractivity contribution is 5.78. The van der Waals surface area contributed by atoms with Crippen molar-refractivity contribution in [1.82, 2.24) is 9.80 Å². The maximum absolute atomic E-state index is 12.3. The summed E-state index contributed by atoms with van der Waals surface area (Å²) in [7, 11) is 3.91. The number of rotatable bonds is 5. The number of amides is 1. The summed E-state index contributed by atoms with van der Waals surface area (Å²) in [6, 6.07) is 6.97. The van der Waals surface area contributed by atoms with Crippen molar-refractivity contribution in [2.45, 2.75) is 18.6 Å². The highest BCUT2D eigenvalue weighted by atomic mass is 16.5. The summed E-state index contributed by atoms with van der Waals surface area (Å²) in [4.78, 5) is 16.0. The Hall–Kier alpha value is -1.79. The van der Waals surface area contributed by atoms with Gasteiger partial charge in [0.15, 0.2) is 6.61 Å². The fourth-order valence-electron chi connectivity index (χ4n) is 2.58. The van der Waals surface area contributed by atoms with E-state index in [-0.39, 0.29) is 18.6 Å². The van der Waals surface area contributed by atoms with Crippen molar-refractivity contribution in [2.24, 2.45) is 0 Å². The molecule has 3 N–H and O–H groups in total. The minimum atomic E-state index is -0.449. The van der Waals surface area contributed by atoms with E-state index >= 15 is 0 Å². The highest BCUT2D eigenvalue weighted by Crippen LogP contribution is 2.19. The molecule has 1 saturated heterocycles. The molecule has 2 atom stereocenters. The number of hydrogen-bond acceptors (Lipinski definition) is 5. The van der Waals surface area contributed by atoms with Crippen molar-refractivity contribution in [3.05, 3.63) is 24.3 Å². The van der Waals surface area contributed by atoms with Crippen LogP contribution in [-0.2, 0) is 4.79 Å². The van der Waals surface area contributed by atoms with Gasteiger partial charge in [-0.25, -0.2) is 0 Å². The van der Waals surface area contributed by atoms with Gasteiger partial charge in [-0.2, -0.15) is 0 Å². The summed E-state index contributed by atoms with van der Waals surface area (Å²) in [6.07, 6.45) is 0.168. The smallest absolute Gasteiger partial charge is 0.260 e. The van der Waals surface area contributed by atoms with Crippen LogP contribution in [0.5, 0.6) is 5.75 Å². The lowest BCUT2D eigenvalue weighted by Crippen LogP contribution is -2.43. The molecule has 0 aliphatic carbocycles. The molecule has 1 fully saturated rings. The van der Waals surface area contributed by atoms with Crippen LogP contribution in [-0.4, -0.2) is 66.8 Å². The van der Waals surface area contributed by atoms with E-state index in [0.29, 0.717) is 24.4 Å². The molecule has 0 saturated carbocycles. The van der Waals surface area contributed by atoms with Gasteiger partial charge in [-0.05, 0) is 44.8 Å². The molecule has 116 valence electrons. The van der Waals surface area contributed by atoms with Crippen molar-refractivity contribution in [3.63, 3.8) is 0 Å². The molecule has 1 heterocycles. The molecular formula is C15H23N3O3. The van der Waals surface area contributed by atoms with Gasteiger partial charge in [0.1, 0.15) is 5.75 Å². The molecular weight excluding hydrogens is 270 g/mol. The zero-order valence-corrected chi connectivity index (χ0v) is 12.5. The van der Waals surface area contributed by atoms with Crippen molar-refractivity contribution in [1.29, 1.82) is 0 Å². The third-order valence-corrected chi connectivity index (χ3v) is 3.53. The molecule has 0 spiro atoms. The third-order valence-electron chi connectivity index (χ3n) is 3.53. The molecule has 1 aliphatic heterocycles. The Kier molecular flexibility index (Phi) is 5.03. The average Bonchev–Trinajstić information content (AvgIpc) is 2.78. The number of benzene rings is 1. The number of ether oxygens (including phenoxy) is 1. The number of carbonyl (C=O) groups is 1. The normalized spacial score (nSPS) is 21.8. The maximum Gasteiger partial charge on any atom is 0.260 e. The first-order valence-corrected chi connectivity index (χ1v) is 7.06. The van der Waals surface area contributed by atoms with Gasteiger partial charge in [-0.3, -0.25) is 4.79 Å². The number of nitrogen functional groups attached to an aromatic ring is 1. The van der Waals surface area contributed by atoms with Gasteiger partial charge in [0, 0.05) is 24.8 Å². The second kappa shape index (κ2) is 6.78. The number of likely N-dealkylation sites (N-methyl/N-ethyl adjacent to an activating group) is 1. The Morgan fingerprint density at radius 3 is 2.71 bits per heavy atom. The number of nitrogens with two attached hydrogens (primary N) is 1. The van der Waals surface area contributed by atoms with Gasteiger partial charge in [0.05, 0.1) is 6.10 Å². The van der Waals surface area contributed by atoms with E-state index in [1.54, 1.807) is 29.2 Å². The molecule has 0 bridgehead atoms. The topological polar surface area (TPSA) is 79.0 Å². The molecule has 0 radical (unpaired) electrons.